The van der Waals surface area contributed by atoms with Crippen molar-refractivity contribution in [3.8, 4) is 16.9 Å². The van der Waals surface area contributed by atoms with Crippen LogP contribution in [0.4, 0.5) is 5.69 Å². The highest BCUT2D eigenvalue weighted by atomic mass is 35.5. The lowest BCUT2D eigenvalue weighted by atomic mass is 9.98. The van der Waals surface area contributed by atoms with Crippen LogP contribution < -0.4 is 10.5 Å². The van der Waals surface area contributed by atoms with Gasteiger partial charge in [-0.2, -0.15) is 0 Å². The Bertz CT molecular complexity index is 570. The predicted molar refractivity (Wildman–Crippen MR) is 77.3 cm³/mol. The van der Waals surface area contributed by atoms with Gasteiger partial charge in [0.2, 0.25) is 0 Å². The Balaban J connectivity index is 2.58. The van der Waals surface area contributed by atoms with Crippen LogP contribution in [0.2, 0.25) is 5.02 Å². The van der Waals surface area contributed by atoms with Gasteiger partial charge in [-0.1, -0.05) is 17.7 Å². The second kappa shape index (κ2) is 4.91. The molecule has 2 aromatic carbocycles. The molecule has 0 unspecified atom stereocenters. The van der Waals surface area contributed by atoms with Gasteiger partial charge in [0.15, 0.2) is 0 Å². The number of benzene rings is 2. The van der Waals surface area contributed by atoms with Crippen LogP contribution in [0.3, 0.4) is 0 Å². The van der Waals surface area contributed by atoms with Crippen molar-refractivity contribution in [3.63, 3.8) is 0 Å². The van der Waals surface area contributed by atoms with E-state index in [0.29, 0.717) is 10.7 Å². The molecular formula is C15H16ClNO. The fourth-order valence-electron chi connectivity index (χ4n) is 2.22. The van der Waals surface area contributed by atoms with Crippen LogP contribution >= 0.6 is 11.6 Å². The Hall–Kier alpha value is -1.67. The van der Waals surface area contributed by atoms with Gasteiger partial charge >= 0.3 is 0 Å². The molecule has 0 atom stereocenters. The summed E-state index contributed by atoms with van der Waals surface area (Å²) in [5.41, 5.74) is 11.0. The molecule has 0 aliphatic heterocycles. The Kier molecular flexibility index (Phi) is 3.48. The summed E-state index contributed by atoms with van der Waals surface area (Å²) in [6.45, 7) is 4.06. The van der Waals surface area contributed by atoms with Crippen molar-refractivity contribution in [1.29, 1.82) is 0 Å². The summed E-state index contributed by atoms with van der Waals surface area (Å²) in [7, 11) is 1.69. The average Bonchev–Trinajstić information content (AvgIpc) is 2.28. The van der Waals surface area contributed by atoms with Crippen molar-refractivity contribution in [3.05, 3.63) is 46.5 Å². The van der Waals surface area contributed by atoms with Crippen LogP contribution in [-0.4, -0.2) is 7.11 Å². The zero-order valence-electron chi connectivity index (χ0n) is 10.8. The van der Waals surface area contributed by atoms with E-state index in [4.69, 9.17) is 22.1 Å². The van der Waals surface area contributed by atoms with Gasteiger partial charge in [0.05, 0.1) is 7.11 Å². The quantitative estimate of drug-likeness (QED) is 0.822. The number of rotatable bonds is 2. The zero-order chi connectivity index (χ0) is 13.3. The fourth-order valence-corrected chi connectivity index (χ4v) is 2.40. The summed E-state index contributed by atoms with van der Waals surface area (Å²) in [4.78, 5) is 0. The third kappa shape index (κ3) is 2.29. The average molecular weight is 262 g/mol. The lowest BCUT2D eigenvalue weighted by Gasteiger charge is -2.13. The Morgan fingerprint density at radius 2 is 1.67 bits per heavy atom. The number of methoxy groups -OCH3 is 1. The van der Waals surface area contributed by atoms with Gasteiger partial charge in [0.25, 0.3) is 0 Å². The summed E-state index contributed by atoms with van der Waals surface area (Å²) in [5.74, 6) is 0.922. The lowest BCUT2D eigenvalue weighted by Crippen LogP contribution is -1.94. The summed E-state index contributed by atoms with van der Waals surface area (Å²) in [6, 6.07) is 9.71. The predicted octanol–water partition coefficient (Wildman–Crippen LogP) is 4.21. The molecule has 2 aromatic rings. The van der Waals surface area contributed by atoms with Gasteiger partial charge in [-0.25, -0.2) is 0 Å². The highest BCUT2D eigenvalue weighted by Gasteiger charge is 2.09. The normalized spacial score (nSPS) is 10.4. The SMILES string of the molecule is COc1c(C)cc(-c2ccc(Cl)cc2N)cc1C. The minimum atomic E-state index is 0.651. The van der Waals surface area contributed by atoms with E-state index in [1.54, 1.807) is 13.2 Å². The van der Waals surface area contributed by atoms with E-state index >= 15 is 0 Å². The van der Waals surface area contributed by atoms with Gasteiger partial charge in [0, 0.05) is 16.3 Å². The minimum Gasteiger partial charge on any atom is -0.496 e. The van der Waals surface area contributed by atoms with Gasteiger partial charge in [0.1, 0.15) is 5.75 Å². The summed E-state index contributed by atoms with van der Waals surface area (Å²) in [5, 5.41) is 0.651. The van der Waals surface area contributed by atoms with Crippen LogP contribution in [0.25, 0.3) is 11.1 Å². The van der Waals surface area contributed by atoms with E-state index in [9.17, 15) is 0 Å². The number of nitrogens with two attached hydrogens (primary N) is 1. The van der Waals surface area contributed by atoms with Crippen LogP contribution in [0, 0.1) is 13.8 Å². The van der Waals surface area contributed by atoms with E-state index in [2.05, 4.69) is 12.1 Å². The smallest absolute Gasteiger partial charge is 0.124 e. The van der Waals surface area contributed by atoms with Crippen molar-refractivity contribution in [2.45, 2.75) is 13.8 Å². The third-order valence-electron chi connectivity index (χ3n) is 2.99. The Morgan fingerprint density at radius 3 is 2.17 bits per heavy atom. The van der Waals surface area contributed by atoms with Gasteiger partial charge in [-0.3, -0.25) is 0 Å². The maximum Gasteiger partial charge on any atom is 0.124 e. The fraction of sp³-hybridized carbons (Fsp3) is 0.200. The van der Waals surface area contributed by atoms with Crippen molar-refractivity contribution in [1.82, 2.24) is 0 Å². The highest BCUT2D eigenvalue weighted by molar-refractivity contribution is 6.31. The van der Waals surface area contributed by atoms with Crippen molar-refractivity contribution < 1.29 is 4.74 Å². The van der Waals surface area contributed by atoms with Crippen LogP contribution in [0.1, 0.15) is 11.1 Å². The Morgan fingerprint density at radius 1 is 1.06 bits per heavy atom. The maximum absolute atomic E-state index is 6.01. The molecule has 0 spiro atoms. The molecule has 0 aromatic heterocycles. The molecule has 0 fully saturated rings. The third-order valence-corrected chi connectivity index (χ3v) is 3.22. The number of anilines is 1. The Labute approximate surface area is 112 Å². The second-order valence-corrected chi connectivity index (χ2v) is 4.81. The van der Waals surface area contributed by atoms with Gasteiger partial charge in [-0.05, 0) is 54.8 Å². The number of hydrogen-bond acceptors (Lipinski definition) is 2. The molecule has 18 heavy (non-hydrogen) atoms. The molecule has 0 saturated heterocycles. The molecule has 2 nitrogen and oxygen atoms in total. The molecule has 0 saturated carbocycles. The molecule has 0 amide bonds. The number of ether oxygens (including phenoxy) is 1. The number of nitrogen functional groups attached to an aromatic ring is 1. The van der Waals surface area contributed by atoms with Crippen LogP contribution in [0.5, 0.6) is 5.75 Å². The molecule has 0 aliphatic carbocycles. The van der Waals surface area contributed by atoms with Crippen molar-refractivity contribution in [2.24, 2.45) is 0 Å². The van der Waals surface area contributed by atoms with Crippen molar-refractivity contribution >= 4 is 17.3 Å². The largest absolute Gasteiger partial charge is 0.496 e. The number of halogens is 1. The summed E-state index contributed by atoms with van der Waals surface area (Å²) >= 11 is 5.91. The monoisotopic (exact) mass is 261 g/mol. The van der Waals surface area contributed by atoms with E-state index in [-0.39, 0.29) is 0 Å². The van der Waals surface area contributed by atoms with Crippen LogP contribution in [-0.2, 0) is 0 Å². The van der Waals surface area contributed by atoms with E-state index in [1.807, 2.05) is 26.0 Å². The summed E-state index contributed by atoms with van der Waals surface area (Å²) in [6.07, 6.45) is 0. The first-order valence-corrected chi connectivity index (χ1v) is 6.11. The molecule has 0 bridgehead atoms. The van der Waals surface area contributed by atoms with Gasteiger partial charge < -0.3 is 10.5 Å². The number of aryl methyl sites for hydroxylation is 2. The summed E-state index contributed by atoms with van der Waals surface area (Å²) < 4.78 is 5.36. The lowest BCUT2D eigenvalue weighted by molar-refractivity contribution is 0.408. The second-order valence-electron chi connectivity index (χ2n) is 4.37. The standard InChI is InChI=1S/C15H16ClNO/c1-9-6-11(7-10(2)15(9)18-3)13-5-4-12(16)8-14(13)17/h4-8H,17H2,1-3H3. The molecule has 2 rings (SSSR count). The van der Waals surface area contributed by atoms with Crippen molar-refractivity contribution in [2.75, 3.05) is 12.8 Å². The first kappa shape index (κ1) is 12.8. The molecule has 94 valence electrons. The van der Waals surface area contributed by atoms with Crippen LogP contribution in [0.15, 0.2) is 30.3 Å². The maximum atomic E-state index is 6.01. The minimum absolute atomic E-state index is 0.651. The molecule has 0 aliphatic rings. The molecule has 2 N–H and O–H groups in total. The molecular weight excluding hydrogens is 246 g/mol. The highest BCUT2D eigenvalue weighted by Crippen LogP contribution is 2.33. The van der Waals surface area contributed by atoms with E-state index in [0.717, 1.165) is 28.0 Å². The zero-order valence-corrected chi connectivity index (χ0v) is 11.5. The van der Waals surface area contributed by atoms with Gasteiger partial charge in [-0.15, -0.1) is 0 Å². The molecule has 3 heteroatoms. The molecule has 0 heterocycles. The topological polar surface area (TPSA) is 35.2 Å². The van der Waals surface area contributed by atoms with E-state index in [1.165, 1.54) is 0 Å². The van der Waals surface area contributed by atoms with E-state index < -0.39 is 0 Å². The first-order valence-electron chi connectivity index (χ1n) is 5.73. The number of hydrogen-bond donors (Lipinski definition) is 1. The first-order chi connectivity index (χ1) is 8.52. The molecule has 0 radical (unpaired) electrons.